The first-order chi connectivity index (χ1) is 8.88. The number of rotatable bonds is 3. The zero-order valence-corrected chi connectivity index (χ0v) is 12.2. The Morgan fingerprint density at radius 2 is 2.16 bits per heavy atom. The Kier molecular flexibility index (Phi) is 4.47. The maximum Gasteiger partial charge on any atom is 0.150 e. The van der Waals surface area contributed by atoms with E-state index in [1.165, 1.54) is 6.26 Å². The van der Waals surface area contributed by atoms with Gasteiger partial charge in [0.25, 0.3) is 0 Å². The fourth-order valence-corrected chi connectivity index (χ4v) is 4.20. The smallest absolute Gasteiger partial charge is 0.150 e. The molecule has 0 aromatic heterocycles. The predicted molar refractivity (Wildman–Crippen MR) is 74.1 cm³/mol. The van der Waals surface area contributed by atoms with E-state index in [1.807, 2.05) is 0 Å². The zero-order chi connectivity index (χ0) is 14.0. The highest BCUT2D eigenvalue weighted by molar-refractivity contribution is 7.91. The standard InChI is InChI=1S/C12H23N3O3S/c1-19(16,17)10-4-2-3-9(7-10)15-5-6-18-11(8-15)12(13)14/h9-11H,2-8H2,1H3,(H3,13,14). The van der Waals surface area contributed by atoms with Crippen LogP contribution in [0.4, 0.5) is 0 Å². The van der Waals surface area contributed by atoms with Crippen LogP contribution in [0.2, 0.25) is 0 Å². The normalized spacial score (nSPS) is 34.1. The lowest BCUT2D eigenvalue weighted by Gasteiger charge is -2.41. The largest absolute Gasteiger partial charge is 0.385 e. The van der Waals surface area contributed by atoms with Gasteiger partial charge in [-0.25, -0.2) is 8.42 Å². The maximum atomic E-state index is 11.7. The molecule has 110 valence electrons. The molecular formula is C12H23N3O3S. The minimum absolute atomic E-state index is 0.0557. The molecule has 2 fully saturated rings. The number of morpholine rings is 1. The average molecular weight is 289 g/mol. The molecule has 19 heavy (non-hydrogen) atoms. The van der Waals surface area contributed by atoms with Crippen LogP contribution in [-0.4, -0.2) is 62.5 Å². The molecule has 0 bridgehead atoms. The van der Waals surface area contributed by atoms with E-state index in [9.17, 15) is 8.42 Å². The lowest BCUT2D eigenvalue weighted by atomic mass is 9.93. The Balaban J connectivity index is 1.99. The van der Waals surface area contributed by atoms with Gasteiger partial charge in [-0.15, -0.1) is 0 Å². The molecule has 1 heterocycles. The van der Waals surface area contributed by atoms with Crippen molar-refractivity contribution < 1.29 is 13.2 Å². The van der Waals surface area contributed by atoms with Crippen LogP contribution in [0.5, 0.6) is 0 Å². The van der Waals surface area contributed by atoms with Gasteiger partial charge in [0.1, 0.15) is 21.8 Å². The molecule has 6 nitrogen and oxygen atoms in total. The van der Waals surface area contributed by atoms with E-state index in [2.05, 4.69) is 4.90 Å². The summed E-state index contributed by atoms with van der Waals surface area (Å²) in [5.41, 5.74) is 5.49. The zero-order valence-electron chi connectivity index (χ0n) is 11.3. The van der Waals surface area contributed by atoms with Gasteiger partial charge in [0, 0.05) is 25.4 Å². The highest BCUT2D eigenvalue weighted by Gasteiger charge is 2.34. The third kappa shape index (κ3) is 3.67. The minimum atomic E-state index is -2.95. The molecule has 0 amide bonds. The molecule has 3 atom stereocenters. The number of hydrogen-bond acceptors (Lipinski definition) is 5. The molecule has 1 aliphatic carbocycles. The molecule has 2 rings (SSSR count). The van der Waals surface area contributed by atoms with Crippen LogP contribution in [0.1, 0.15) is 25.7 Å². The van der Waals surface area contributed by atoms with Gasteiger partial charge in [-0.05, 0) is 19.3 Å². The Morgan fingerprint density at radius 1 is 1.42 bits per heavy atom. The van der Waals surface area contributed by atoms with Crippen molar-refractivity contribution in [2.45, 2.75) is 43.1 Å². The number of amidine groups is 1. The van der Waals surface area contributed by atoms with Gasteiger partial charge in [-0.2, -0.15) is 0 Å². The van der Waals surface area contributed by atoms with E-state index in [4.69, 9.17) is 15.9 Å². The quantitative estimate of drug-likeness (QED) is 0.562. The Hall–Kier alpha value is -0.660. The molecule has 2 aliphatic rings. The van der Waals surface area contributed by atoms with Crippen LogP contribution in [0.15, 0.2) is 0 Å². The first kappa shape index (κ1) is 14.7. The van der Waals surface area contributed by atoms with E-state index in [0.717, 1.165) is 25.8 Å². The monoisotopic (exact) mass is 289 g/mol. The number of nitrogens with one attached hydrogen (secondary N) is 1. The second kappa shape index (κ2) is 5.76. The van der Waals surface area contributed by atoms with Crippen LogP contribution >= 0.6 is 0 Å². The van der Waals surface area contributed by atoms with Crippen LogP contribution < -0.4 is 5.73 Å². The van der Waals surface area contributed by atoms with Crippen LogP contribution in [-0.2, 0) is 14.6 Å². The highest BCUT2D eigenvalue weighted by atomic mass is 32.2. The average Bonchev–Trinajstić information content (AvgIpc) is 2.38. The molecule has 1 saturated heterocycles. The molecule has 3 N–H and O–H groups in total. The summed E-state index contributed by atoms with van der Waals surface area (Å²) in [5.74, 6) is 0.0557. The minimum Gasteiger partial charge on any atom is -0.385 e. The molecule has 0 aromatic carbocycles. The third-order valence-corrected chi connectivity index (χ3v) is 5.80. The van der Waals surface area contributed by atoms with Gasteiger partial charge < -0.3 is 10.5 Å². The fourth-order valence-electron chi connectivity index (χ4n) is 3.03. The molecule has 3 unspecified atom stereocenters. The van der Waals surface area contributed by atoms with Crippen molar-refractivity contribution in [3.05, 3.63) is 0 Å². The van der Waals surface area contributed by atoms with Gasteiger partial charge in [-0.3, -0.25) is 10.3 Å². The van der Waals surface area contributed by atoms with Gasteiger partial charge in [0.05, 0.1) is 11.9 Å². The second-order valence-electron chi connectivity index (χ2n) is 5.58. The number of nitrogens with zero attached hydrogens (tertiary/aromatic N) is 1. The van der Waals surface area contributed by atoms with E-state index in [1.54, 1.807) is 0 Å². The summed E-state index contributed by atoms with van der Waals surface area (Å²) >= 11 is 0. The Labute approximate surface area is 114 Å². The summed E-state index contributed by atoms with van der Waals surface area (Å²) in [6, 6.07) is 0.277. The highest BCUT2D eigenvalue weighted by Crippen LogP contribution is 2.28. The van der Waals surface area contributed by atoms with Crippen molar-refractivity contribution in [3.8, 4) is 0 Å². The van der Waals surface area contributed by atoms with Crippen LogP contribution in [0.3, 0.4) is 0 Å². The molecule has 7 heteroatoms. The van der Waals surface area contributed by atoms with E-state index < -0.39 is 9.84 Å². The number of sulfone groups is 1. The van der Waals surface area contributed by atoms with Crippen molar-refractivity contribution in [1.29, 1.82) is 5.41 Å². The predicted octanol–water partition coefficient (Wildman–Crippen LogP) is -0.0210. The topological polar surface area (TPSA) is 96.5 Å². The summed E-state index contributed by atoms with van der Waals surface area (Å²) < 4.78 is 28.8. The van der Waals surface area contributed by atoms with Crippen molar-refractivity contribution in [1.82, 2.24) is 4.90 Å². The van der Waals surface area contributed by atoms with Crippen LogP contribution in [0.25, 0.3) is 0 Å². The van der Waals surface area contributed by atoms with Crippen molar-refractivity contribution in [2.24, 2.45) is 5.73 Å². The molecule has 1 aliphatic heterocycles. The SMILES string of the molecule is CS(=O)(=O)C1CCCC(N2CCOC(C(=N)N)C2)C1. The summed E-state index contributed by atoms with van der Waals surface area (Å²) in [5, 5.41) is 7.24. The van der Waals surface area contributed by atoms with Crippen molar-refractivity contribution >= 4 is 15.7 Å². The van der Waals surface area contributed by atoms with Crippen molar-refractivity contribution in [2.75, 3.05) is 26.0 Å². The lowest BCUT2D eigenvalue weighted by molar-refractivity contribution is -0.0183. The van der Waals surface area contributed by atoms with Crippen molar-refractivity contribution in [3.63, 3.8) is 0 Å². The van der Waals surface area contributed by atoms with Gasteiger partial charge in [0.15, 0.2) is 0 Å². The van der Waals surface area contributed by atoms with E-state index in [-0.39, 0.29) is 23.2 Å². The summed E-state index contributed by atoms with van der Waals surface area (Å²) in [6.07, 6.45) is 4.44. The molecule has 1 saturated carbocycles. The van der Waals surface area contributed by atoms with Gasteiger partial charge in [0.2, 0.25) is 0 Å². The fraction of sp³-hybridized carbons (Fsp3) is 0.917. The maximum absolute atomic E-state index is 11.7. The first-order valence-electron chi connectivity index (χ1n) is 6.76. The molecule has 0 radical (unpaired) electrons. The summed E-state index contributed by atoms with van der Waals surface area (Å²) in [6.45, 7) is 1.96. The van der Waals surface area contributed by atoms with Gasteiger partial charge >= 0.3 is 0 Å². The Bertz CT molecular complexity index is 438. The van der Waals surface area contributed by atoms with E-state index in [0.29, 0.717) is 19.6 Å². The lowest BCUT2D eigenvalue weighted by Crippen LogP contribution is -2.53. The first-order valence-corrected chi connectivity index (χ1v) is 8.72. The van der Waals surface area contributed by atoms with Gasteiger partial charge in [-0.1, -0.05) is 6.42 Å². The number of ether oxygens (including phenoxy) is 1. The number of hydrogen-bond donors (Lipinski definition) is 2. The van der Waals surface area contributed by atoms with Crippen LogP contribution in [0, 0.1) is 5.41 Å². The molecular weight excluding hydrogens is 266 g/mol. The third-order valence-electron chi connectivity index (χ3n) is 4.17. The number of nitrogens with two attached hydrogens (primary N) is 1. The second-order valence-corrected chi connectivity index (χ2v) is 7.91. The summed E-state index contributed by atoms with van der Waals surface area (Å²) in [7, 11) is -2.95. The Morgan fingerprint density at radius 3 is 2.79 bits per heavy atom. The molecule has 0 spiro atoms. The molecule has 0 aromatic rings. The van der Waals surface area contributed by atoms with E-state index >= 15 is 0 Å². The summed E-state index contributed by atoms with van der Waals surface area (Å²) in [4.78, 5) is 2.24.